The van der Waals surface area contributed by atoms with E-state index in [1.807, 2.05) is 0 Å². The van der Waals surface area contributed by atoms with Gasteiger partial charge in [0.15, 0.2) is 5.76 Å². The van der Waals surface area contributed by atoms with Crippen molar-refractivity contribution in [2.24, 2.45) is 0 Å². The lowest BCUT2D eigenvalue weighted by Crippen LogP contribution is -2.22. The maximum absolute atomic E-state index is 12.3. The van der Waals surface area contributed by atoms with Crippen LogP contribution in [0.1, 0.15) is 13.8 Å². The second-order valence-electron chi connectivity index (χ2n) is 5.36. The Morgan fingerprint density at radius 1 is 1.08 bits per heavy atom. The van der Waals surface area contributed by atoms with Gasteiger partial charge < -0.3 is 19.5 Å². The molecule has 2 N–H and O–H groups in total. The first-order chi connectivity index (χ1) is 12.5. The zero-order valence-electron chi connectivity index (χ0n) is 14.1. The van der Waals surface area contributed by atoms with Crippen LogP contribution in [0.4, 0.5) is 11.4 Å². The molecule has 0 bridgehead atoms. The number of hydrogen-bond acceptors (Lipinski definition) is 7. The van der Waals surface area contributed by atoms with Crippen LogP contribution in [0.3, 0.4) is 0 Å². The Balaban J connectivity index is 1.57. The fourth-order valence-electron chi connectivity index (χ4n) is 2.05. The van der Waals surface area contributed by atoms with Gasteiger partial charge in [-0.25, -0.2) is 0 Å². The maximum atomic E-state index is 12.3. The van der Waals surface area contributed by atoms with E-state index in [4.69, 9.17) is 8.83 Å². The summed E-state index contributed by atoms with van der Waals surface area (Å²) in [5.41, 5.74) is 1.28. The van der Waals surface area contributed by atoms with Crippen molar-refractivity contribution >= 4 is 35.0 Å². The SMILES string of the molecule is CC(=O)Nc1ccc(NC(=O)C(C)Sc2nnc(-c3ccco3)o2)cc1. The molecular weight excluding hydrogens is 356 g/mol. The van der Waals surface area contributed by atoms with Gasteiger partial charge in [-0.05, 0) is 43.3 Å². The van der Waals surface area contributed by atoms with Gasteiger partial charge in [-0.2, -0.15) is 0 Å². The molecule has 0 radical (unpaired) electrons. The van der Waals surface area contributed by atoms with E-state index in [1.54, 1.807) is 43.3 Å². The summed E-state index contributed by atoms with van der Waals surface area (Å²) in [7, 11) is 0. The van der Waals surface area contributed by atoms with Gasteiger partial charge >= 0.3 is 0 Å². The molecule has 8 nitrogen and oxygen atoms in total. The number of anilines is 2. The second kappa shape index (κ2) is 7.87. The smallest absolute Gasteiger partial charge is 0.284 e. The van der Waals surface area contributed by atoms with E-state index in [9.17, 15) is 9.59 Å². The van der Waals surface area contributed by atoms with Gasteiger partial charge in [0.1, 0.15) is 0 Å². The fraction of sp³-hybridized carbons (Fsp3) is 0.176. The van der Waals surface area contributed by atoms with Gasteiger partial charge in [0.25, 0.3) is 11.1 Å². The van der Waals surface area contributed by atoms with Gasteiger partial charge in [-0.3, -0.25) is 9.59 Å². The first-order valence-electron chi connectivity index (χ1n) is 7.74. The summed E-state index contributed by atoms with van der Waals surface area (Å²) in [6.07, 6.45) is 1.51. The number of carbonyl (C=O) groups excluding carboxylic acids is 2. The number of nitrogens with one attached hydrogen (secondary N) is 2. The van der Waals surface area contributed by atoms with Crippen LogP contribution >= 0.6 is 11.8 Å². The van der Waals surface area contributed by atoms with Crippen molar-refractivity contribution in [3.63, 3.8) is 0 Å². The molecule has 3 aromatic rings. The molecule has 0 saturated carbocycles. The summed E-state index contributed by atoms with van der Waals surface area (Å²) in [5.74, 6) is 0.375. The Hall–Kier alpha value is -3.07. The number of nitrogens with zero attached hydrogens (tertiary/aromatic N) is 2. The Morgan fingerprint density at radius 2 is 1.77 bits per heavy atom. The molecule has 9 heteroatoms. The maximum Gasteiger partial charge on any atom is 0.284 e. The molecule has 2 heterocycles. The molecule has 1 unspecified atom stereocenters. The normalized spacial score (nSPS) is 11.8. The van der Waals surface area contributed by atoms with E-state index < -0.39 is 5.25 Å². The van der Waals surface area contributed by atoms with E-state index in [0.29, 0.717) is 17.1 Å². The highest BCUT2D eigenvalue weighted by atomic mass is 32.2. The van der Waals surface area contributed by atoms with E-state index in [2.05, 4.69) is 20.8 Å². The van der Waals surface area contributed by atoms with Gasteiger partial charge in [-0.1, -0.05) is 11.8 Å². The van der Waals surface area contributed by atoms with E-state index in [1.165, 1.54) is 13.2 Å². The molecule has 0 spiro atoms. The average Bonchev–Trinajstić information content (AvgIpc) is 3.27. The quantitative estimate of drug-likeness (QED) is 0.638. The van der Waals surface area contributed by atoms with Crippen LogP contribution in [0.25, 0.3) is 11.7 Å². The molecule has 0 saturated heterocycles. The molecule has 1 atom stereocenters. The van der Waals surface area contributed by atoms with Crippen LogP contribution in [-0.4, -0.2) is 27.3 Å². The number of amides is 2. The molecule has 2 amide bonds. The third-order valence-electron chi connectivity index (χ3n) is 3.26. The number of thioether (sulfide) groups is 1. The van der Waals surface area contributed by atoms with Crippen LogP contribution in [0.5, 0.6) is 0 Å². The molecule has 2 aromatic heterocycles. The molecule has 0 aliphatic carbocycles. The zero-order chi connectivity index (χ0) is 18.5. The first-order valence-corrected chi connectivity index (χ1v) is 8.62. The second-order valence-corrected chi connectivity index (χ2v) is 6.65. The highest BCUT2D eigenvalue weighted by molar-refractivity contribution is 8.00. The molecule has 0 fully saturated rings. The van der Waals surface area contributed by atoms with Crippen molar-refractivity contribution in [1.29, 1.82) is 0 Å². The minimum atomic E-state index is -0.449. The van der Waals surface area contributed by atoms with Crippen LogP contribution in [0.15, 0.2) is 56.7 Å². The van der Waals surface area contributed by atoms with E-state index in [0.717, 1.165) is 11.8 Å². The summed E-state index contributed by atoms with van der Waals surface area (Å²) >= 11 is 1.15. The van der Waals surface area contributed by atoms with Crippen molar-refractivity contribution in [1.82, 2.24) is 10.2 Å². The van der Waals surface area contributed by atoms with Crippen LogP contribution in [0.2, 0.25) is 0 Å². The predicted octanol–water partition coefficient (Wildman–Crippen LogP) is 3.41. The van der Waals surface area contributed by atoms with Crippen molar-refractivity contribution in [2.75, 3.05) is 10.6 Å². The molecule has 26 heavy (non-hydrogen) atoms. The third-order valence-corrected chi connectivity index (χ3v) is 4.19. The predicted molar refractivity (Wildman–Crippen MR) is 96.7 cm³/mol. The van der Waals surface area contributed by atoms with E-state index >= 15 is 0 Å². The third kappa shape index (κ3) is 4.51. The minimum absolute atomic E-state index is 0.153. The highest BCUT2D eigenvalue weighted by Crippen LogP contribution is 2.27. The molecule has 1 aromatic carbocycles. The molecular formula is C17H16N4O4S. The van der Waals surface area contributed by atoms with Crippen LogP contribution in [-0.2, 0) is 9.59 Å². The molecule has 0 aliphatic heterocycles. The van der Waals surface area contributed by atoms with E-state index in [-0.39, 0.29) is 22.9 Å². The fourth-order valence-corrected chi connectivity index (χ4v) is 2.73. The van der Waals surface area contributed by atoms with Gasteiger partial charge in [0.2, 0.25) is 11.8 Å². The zero-order valence-corrected chi connectivity index (χ0v) is 14.9. The van der Waals surface area contributed by atoms with Crippen molar-refractivity contribution in [3.8, 4) is 11.7 Å². The monoisotopic (exact) mass is 372 g/mol. The number of aromatic nitrogens is 2. The largest absolute Gasteiger partial charge is 0.459 e. The topological polar surface area (TPSA) is 110 Å². The number of rotatable bonds is 6. The number of carbonyl (C=O) groups is 2. The Bertz CT molecular complexity index is 890. The Labute approximate surface area is 153 Å². The first kappa shape index (κ1) is 17.7. The minimum Gasteiger partial charge on any atom is -0.459 e. The van der Waals surface area contributed by atoms with Gasteiger partial charge in [0, 0.05) is 18.3 Å². The van der Waals surface area contributed by atoms with Crippen molar-refractivity contribution in [2.45, 2.75) is 24.3 Å². The summed E-state index contributed by atoms with van der Waals surface area (Å²) in [5, 5.41) is 13.1. The molecule has 0 aliphatic rings. The lowest BCUT2D eigenvalue weighted by atomic mass is 10.2. The van der Waals surface area contributed by atoms with Crippen LogP contribution < -0.4 is 10.6 Å². The molecule has 134 valence electrons. The highest BCUT2D eigenvalue weighted by Gasteiger charge is 2.19. The van der Waals surface area contributed by atoms with Gasteiger partial charge in [-0.15, -0.1) is 10.2 Å². The van der Waals surface area contributed by atoms with Crippen molar-refractivity contribution in [3.05, 3.63) is 42.7 Å². The average molecular weight is 372 g/mol. The summed E-state index contributed by atoms with van der Waals surface area (Å²) in [6, 6.07) is 10.3. The summed E-state index contributed by atoms with van der Waals surface area (Å²) in [6.45, 7) is 3.17. The number of hydrogen-bond donors (Lipinski definition) is 2. The lowest BCUT2D eigenvalue weighted by molar-refractivity contribution is -0.115. The van der Waals surface area contributed by atoms with Crippen LogP contribution in [0, 0.1) is 0 Å². The Morgan fingerprint density at radius 3 is 2.38 bits per heavy atom. The Kier molecular flexibility index (Phi) is 5.37. The van der Waals surface area contributed by atoms with Gasteiger partial charge in [0.05, 0.1) is 11.5 Å². The standard InChI is InChI=1S/C17H16N4O4S/c1-10(26-17-21-20-16(25-17)14-4-3-9-24-14)15(23)19-13-7-5-12(6-8-13)18-11(2)22/h3-10H,1-2H3,(H,18,22)(H,19,23). The summed E-state index contributed by atoms with van der Waals surface area (Å²) in [4.78, 5) is 23.3. The number of furan rings is 1. The van der Waals surface area contributed by atoms with Crippen molar-refractivity contribution < 1.29 is 18.4 Å². The number of benzene rings is 1. The summed E-state index contributed by atoms with van der Waals surface area (Å²) < 4.78 is 10.7. The lowest BCUT2D eigenvalue weighted by Gasteiger charge is -2.10. The molecule has 3 rings (SSSR count).